The Balaban J connectivity index is 1.46. The molecule has 1 atom stereocenters. The summed E-state index contributed by atoms with van der Waals surface area (Å²) >= 11 is 0. The highest BCUT2D eigenvalue weighted by molar-refractivity contribution is 5.97. The second kappa shape index (κ2) is 8.86. The maximum Gasteiger partial charge on any atom is 0.223 e. The van der Waals surface area contributed by atoms with E-state index in [2.05, 4.69) is 4.98 Å². The highest BCUT2D eigenvalue weighted by atomic mass is 19.1. The number of rotatable bonds is 6. The number of pyridine rings is 1. The lowest BCUT2D eigenvalue weighted by Gasteiger charge is -2.34. The number of aliphatic hydroxyl groups is 1. The fourth-order valence-electron chi connectivity index (χ4n) is 3.42. The molecule has 3 rings (SSSR count). The number of likely N-dealkylation sites (tertiary alicyclic amines) is 1. The van der Waals surface area contributed by atoms with E-state index in [0.29, 0.717) is 37.2 Å². The van der Waals surface area contributed by atoms with E-state index in [1.807, 2.05) is 18.2 Å². The Morgan fingerprint density at radius 2 is 1.81 bits per heavy atom. The van der Waals surface area contributed by atoms with E-state index in [1.165, 1.54) is 24.3 Å². The summed E-state index contributed by atoms with van der Waals surface area (Å²) in [5, 5.41) is 10.5. The van der Waals surface area contributed by atoms with Crippen molar-refractivity contribution in [2.75, 3.05) is 13.1 Å². The molecule has 1 fully saturated rings. The van der Waals surface area contributed by atoms with Crippen LogP contribution in [0.25, 0.3) is 0 Å². The zero-order valence-electron chi connectivity index (χ0n) is 15.1. The van der Waals surface area contributed by atoms with Gasteiger partial charge in [-0.25, -0.2) is 4.39 Å². The van der Waals surface area contributed by atoms with Crippen LogP contribution in [0.3, 0.4) is 0 Å². The normalized spacial score (nSPS) is 16.1. The van der Waals surface area contributed by atoms with Crippen LogP contribution in [-0.4, -0.2) is 39.8 Å². The van der Waals surface area contributed by atoms with Crippen molar-refractivity contribution < 1.29 is 19.1 Å². The number of aromatic nitrogens is 1. The van der Waals surface area contributed by atoms with E-state index in [0.717, 1.165) is 0 Å². The molecule has 0 saturated carbocycles. The molecule has 1 aromatic heterocycles. The SMILES string of the molecule is O=C(CCC(=O)N1CCC([C@H](O)c2ccccn2)CC1)c1ccc(F)cc1. The zero-order chi connectivity index (χ0) is 19.2. The fraction of sp³-hybridized carbons (Fsp3) is 0.381. The molecule has 6 heteroatoms. The molecule has 2 heterocycles. The minimum Gasteiger partial charge on any atom is -0.387 e. The lowest BCUT2D eigenvalue weighted by atomic mass is 9.89. The average Bonchev–Trinajstić information content (AvgIpc) is 2.72. The maximum atomic E-state index is 12.9. The van der Waals surface area contributed by atoms with E-state index >= 15 is 0 Å². The van der Waals surface area contributed by atoms with Gasteiger partial charge in [-0.1, -0.05) is 6.07 Å². The number of hydrogen-bond acceptors (Lipinski definition) is 4. The standard InChI is InChI=1S/C21H23FN2O3/c22-17-6-4-15(5-7-17)19(25)8-9-20(26)24-13-10-16(11-14-24)21(27)18-3-1-2-12-23-18/h1-7,12,16,21,27H,8-11,13-14H2/t21-/m0/s1. The lowest BCUT2D eigenvalue weighted by Crippen LogP contribution is -2.40. The Hall–Kier alpha value is -2.60. The van der Waals surface area contributed by atoms with Crippen molar-refractivity contribution in [1.82, 2.24) is 9.88 Å². The molecule has 0 spiro atoms. The third-order valence-electron chi connectivity index (χ3n) is 5.06. The average molecular weight is 370 g/mol. The van der Waals surface area contributed by atoms with Gasteiger partial charge in [-0.05, 0) is 55.2 Å². The van der Waals surface area contributed by atoms with Crippen LogP contribution in [0.5, 0.6) is 0 Å². The smallest absolute Gasteiger partial charge is 0.223 e. The van der Waals surface area contributed by atoms with Crippen LogP contribution in [0.4, 0.5) is 4.39 Å². The second-order valence-corrected chi connectivity index (χ2v) is 6.85. The van der Waals surface area contributed by atoms with Gasteiger partial charge in [-0.3, -0.25) is 14.6 Å². The van der Waals surface area contributed by atoms with Crippen molar-refractivity contribution in [1.29, 1.82) is 0 Å². The fourth-order valence-corrected chi connectivity index (χ4v) is 3.42. The van der Waals surface area contributed by atoms with Crippen LogP contribution in [0, 0.1) is 11.7 Å². The molecule has 1 saturated heterocycles. The van der Waals surface area contributed by atoms with Gasteiger partial charge in [-0.2, -0.15) is 0 Å². The minimum absolute atomic E-state index is 0.0590. The maximum absolute atomic E-state index is 12.9. The first-order valence-corrected chi connectivity index (χ1v) is 9.20. The van der Waals surface area contributed by atoms with Crippen molar-refractivity contribution in [2.45, 2.75) is 31.8 Å². The molecule has 1 aliphatic heterocycles. The summed E-state index contributed by atoms with van der Waals surface area (Å²) in [6.07, 6.45) is 2.70. The third-order valence-corrected chi connectivity index (χ3v) is 5.06. The van der Waals surface area contributed by atoms with Crippen molar-refractivity contribution in [3.05, 3.63) is 65.7 Å². The van der Waals surface area contributed by atoms with Crippen LogP contribution >= 0.6 is 0 Å². The number of amides is 1. The topological polar surface area (TPSA) is 70.5 Å². The summed E-state index contributed by atoms with van der Waals surface area (Å²) in [6.45, 7) is 1.14. The highest BCUT2D eigenvalue weighted by Crippen LogP contribution is 2.29. The number of hydrogen-bond donors (Lipinski definition) is 1. The first-order chi connectivity index (χ1) is 13.0. The van der Waals surface area contributed by atoms with Crippen LogP contribution in [0.15, 0.2) is 48.7 Å². The predicted molar refractivity (Wildman–Crippen MR) is 98.5 cm³/mol. The van der Waals surface area contributed by atoms with E-state index in [1.54, 1.807) is 11.1 Å². The summed E-state index contributed by atoms with van der Waals surface area (Å²) in [7, 11) is 0. The Morgan fingerprint density at radius 3 is 2.44 bits per heavy atom. The number of nitrogens with zero attached hydrogens (tertiary/aromatic N) is 2. The van der Waals surface area contributed by atoms with Gasteiger partial charge in [0.2, 0.25) is 5.91 Å². The monoisotopic (exact) mass is 370 g/mol. The molecular weight excluding hydrogens is 347 g/mol. The Kier molecular flexibility index (Phi) is 6.29. The highest BCUT2D eigenvalue weighted by Gasteiger charge is 2.28. The van der Waals surface area contributed by atoms with E-state index in [9.17, 15) is 19.1 Å². The van der Waals surface area contributed by atoms with E-state index in [4.69, 9.17) is 0 Å². The van der Waals surface area contributed by atoms with Gasteiger partial charge in [0.05, 0.1) is 11.8 Å². The molecule has 142 valence electrons. The summed E-state index contributed by atoms with van der Waals surface area (Å²) in [4.78, 5) is 30.4. The molecule has 0 bridgehead atoms. The number of carbonyl (C=O) groups is 2. The third kappa shape index (κ3) is 4.98. The van der Waals surface area contributed by atoms with Gasteiger partial charge in [0.15, 0.2) is 5.78 Å². The molecule has 2 aromatic rings. The number of halogens is 1. The quantitative estimate of drug-likeness (QED) is 0.793. The predicted octanol–water partition coefficient (Wildman–Crippen LogP) is 3.16. The number of aliphatic hydroxyl groups excluding tert-OH is 1. The zero-order valence-corrected chi connectivity index (χ0v) is 15.1. The van der Waals surface area contributed by atoms with Gasteiger partial charge in [0.25, 0.3) is 0 Å². The van der Waals surface area contributed by atoms with Crippen molar-refractivity contribution >= 4 is 11.7 Å². The van der Waals surface area contributed by atoms with Gasteiger partial charge in [0, 0.05) is 37.7 Å². The summed E-state index contributed by atoms with van der Waals surface area (Å²) in [5.74, 6) is -0.539. The number of ketones is 1. The number of carbonyl (C=O) groups excluding carboxylic acids is 2. The number of Topliss-reactive ketones (excluding diaryl/α,β-unsaturated/α-hetero) is 1. The van der Waals surface area contributed by atoms with Crippen LogP contribution in [0.1, 0.15) is 47.8 Å². The molecule has 1 aromatic carbocycles. The van der Waals surface area contributed by atoms with Crippen molar-refractivity contribution in [3.63, 3.8) is 0 Å². The molecule has 0 aliphatic carbocycles. The molecule has 27 heavy (non-hydrogen) atoms. The lowest BCUT2D eigenvalue weighted by molar-refractivity contribution is -0.133. The Labute approximate surface area is 157 Å². The molecule has 0 radical (unpaired) electrons. The van der Waals surface area contributed by atoms with Crippen LogP contribution in [-0.2, 0) is 4.79 Å². The second-order valence-electron chi connectivity index (χ2n) is 6.85. The summed E-state index contributed by atoms with van der Waals surface area (Å²) in [5.41, 5.74) is 1.08. The molecule has 1 amide bonds. The van der Waals surface area contributed by atoms with Gasteiger partial charge in [0.1, 0.15) is 5.82 Å². The minimum atomic E-state index is -0.622. The Bertz CT molecular complexity index is 772. The number of piperidine rings is 1. The largest absolute Gasteiger partial charge is 0.387 e. The van der Waals surface area contributed by atoms with Crippen molar-refractivity contribution in [2.24, 2.45) is 5.92 Å². The van der Waals surface area contributed by atoms with E-state index < -0.39 is 11.9 Å². The first kappa shape index (κ1) is 19.2. The van der Waals surface area contributed by atoms with Crippen molar-refractivity contribution in [3.8, 4) is 0 Å². The summed E-state index contributed by atoms with van der Waals surface area (Å²) in [6, 6.07) is 10.8. The number of benzene rings is 1. The van der Waals surface area contributed by atoms with Gasteiger partial charge >= 0.3 is 0 Å². The molecule has 5 nitrogen and oxygen atoms in total. The molecular formula is C21H23FN2O3. The summed E-state index contributed by atoms with van der Waals surface area (Å²) < 4.78 is 12.9. The van der Waals surface area contributed by atoms with Crippen LogP contribution < -0.4 is 0 Å². The molecule has 1 aliphatic rings. The van der Waals surface area contributed by atoms with Gasteiger partial charge < -0.3 is 10.0 Å². The molecule has 0 unspecified atom stereocenters. The van der Waals surface area contributed by atoms with Crippen LogP contribution in [0.2, 0.25) is 0 Å². The molecule has 1 N–H and O–H groups in total. The van der Waals surface area contributed by atoms with E-state index in [-0.39, 0.29) is 30.4 Å². The van der Waals surface area contributed by atoms with Gasteiger partial charge in [-0.15, -0.1) is 0 Å². The first-order valence-electron chi connectivity index (χ1n) is 9.20. The Morgan fingerprint density at radius 1 is 1.11 bits per heavy atom.